The Hall–Kier alpha value is -0.751. The second-order valence-electron chi connectivity index (χ2n) is 1.56. The molecule has 98 valence electrons. The molecule has 0 fully saturated rings. The van der Waals surface area contributed by atoms with Crippen LogP contribution >= 0.6 is 0 Å². The second kappa shape index (κ2) is 14.2. The molecule has 0 spiro atoms. The average molecular weight is 301 g/mol. The molecule has 0 atom stereocenters. The number of hydrogen-bond acceptors (Lipinski definition) is 10. The summed E-state index contributed by atoms with van der Waals surface area (Å²) in [6.45, 7) is -0.778. The van der Waals surface area contributed by atoms with Crippen molar-refractivity contribution in [1.29, 1.82) is 0 Å². The average Bonchev–Trinajstić information content (AvgIpc) is 2.02. The van der Waals surface area contributed by atoms with Crippen LogP contribution in [0.4, 0.5) is 0 Å². The van der Waals surface area contributed by atoms with Crippen molar-refractivity contribution in [3.8, 4) is 0 Å². The van der Waals surface area contributed by atoms with Crippen molar-refractivity contribution < 1.29 is 55.8 Å². The molecule has 0 aliphatic rings. The Morgan fingerprint density at radius 2 is 1.06 bits per heavy atom. The standard InChI is InChI=1S/2C2H5NO2.Fe.H2O4S/c2*3-1-2(4)5;;1-5(2,3)4/h2*1,3H2,(H,4,5);;(H2,1,2,3,4)/q;;+2;/p-3. The molecule has 0 unspecified atom stereocenters. The van der Waals surface area contributed by atoms with Crippen LogP contribution in [0.3, 0.4) is 0 Å². The Morgan fingerprint density at radius 1 is 1.00 bits per heavy atom. The Balaban J connectivity index is -0.0000000400. The largest absolute Gasteiger partial charge is 2.00 e. The molecule has 0 aliphatic carbocycles. The van der Waals surface area contributed by atoms with Gasteiger partial charge in [-0.3, -0.25) is 8.42 Å². The van der Waals surface area contributed by atoms with E-state index in [1.165, 1.54) is 0 Å². The molecule has 0 rings (SSSR count). The summed E-state index contributed by atoms with van der Waals surface area (Å²) in [5.74, 6) is -2.44. The minimum Gasteiger partial charge on any atom is -0.759 e. The molecule has 0 saturated heterocycles. The van der Waals surface area contributed by atoms with Crippen LogP contribution in [0.1, 0.15) is 1.43 Å². The third-order valence-corrected chi connectivity index (χ3v) is 0.333. The van der Waals surface area contributed by atoms with Gasteiger partial charge in [0.2, 0.25) is 0 Å². The van der Waals surface area contributed by atoms with Gasteiger partial charge in [0.15, 0.2) is 0 Å². The number of carboxylic acid groups (broad SMARTS) is 2. The fraction of sp³-hybridized carbons (Fsp3) is 0.500. The first kappa shape index (κ1) is 24.5. The summed E-state index contributed by atoms with van der Waals surface area (Å²) in [4.78, 5) is 18.3. The Morgan fingerprint density at radius 3 is 1.06 bits per heavy atom. The first-order chi connectivity index (χ1) is 6.54. The molecule has 12 heteroatoms. The van der Waals surface area contributed by atoms with E-state index in [9.17, 15) is 0 Å². The summed E-state index contributed by atoms with van der Waals surface area (Å²) in [5, 5.41) is 18.3. The van der Waals surface area contributed by atoms with E-state index in [4.69, 9.17) is 37.3 Å². The van der Waals surface area contributed by atoms with Crippen molar-refractivity contribution in [2.45, 2.75) is 0 Å². The van der Waals surface area contributed by atoms with Gasteiger partial charge >= 0.3 is 18.5 Å². The van der Waals surface area contributed by atoms with E-state index in [1.807, 2.05) is 0 Å². The summed E-state index contributed by atoms with van der Waals surface area (Å²) >= 11 is 0. The maximum absolute atomic E-state index is 9.13. The molecule has 0 aromatic heterocycles. The first-order valence-corrected chi connectivity index (χ1v) is 4.34. The van der Waals surface area contributed by atoms with E-state index >= 15 is 0 Å². The van der Waals surface area contributed by atoms with Crippen molar-refractivity contribution in [2.75, 3.05) is 13.1 Å². The third kappa shape index (κ3) is 188. The van der Waals surface area contributed by atoms with Crippen molar-refractivity contribution in [3.05, 3.63) is 0 Å². The quantitative estimate of drug-likeness (QED) is 0.280. The molecule has 0 aromatic rings. The normalized spacial score (nSPS) is 8.25. The maximum atomic E-state index is 9.13. The van der Waals surface area contributed by atoms with E-state index in [0.29, 0.717) is 0 Å². The SMILES string of the molecule is NCC(=O)[O-].NCC(=O)[O-].O=S(=O)([O-])[O-].[Fe+2].[H+]. The third-order valence-electron chi connectivity index (χ3n) is 0.333. The molecule has 0 aliphatic heterocycles. The van der Waals surface area contributed by atoms with Gasteiger partial charge in [-0.1, -0.05) is 0 Å². The smallest absolute Gasteiger partial charge is 0.759 e. The van der Waals surface area contributed by atoms with Crippen molar-refractivity contribution in [3.63, 3.8) is 0 Å². The zero-order chi connectivity index (χ0) is 13.1. The van der Waals surface area contributed by atoms with Crippen LogP contribution in [0.15, 0.2) is 0 Å². The van der Waals surface area contributed by atoms with E-state index in [2.05, 4.69) is 11.5 Å². The molecule has 0 amide bonds. The van der Waals surface area contributed by atoms with Crippen molar-refractivity contribution in [1.82, 2.24) is 0 Å². The summed E-state index contributed by atoms with van der Waals surface area (Å²) in [5.41, 5.74) is 9.02. The van der Waals surface area contributed by atoms with Gasteiger partial charge in [-0.2, -0.15) is 0 Å². The van der Waals surface area contributed by atoms with Gasteiger partial charge in [0, 0.05) is 23.5 Å². The van der Waals surface area contributed by atoms with Gasteiger partial charge in [-0.25, -0.2) is 0 Å². The van der Waals surface area contributed by atoms with Crippen LogP contribution in [0.2, 0.25) is 0 Å². The molecule has 0 aromatic carbocycles. The molecule has 0 radical (unpaired) electrons. The van der Waals surface area contributed by atoms with Gasteiger partial charge in [0.1, 0.15) is 0 Å². The zero-order valence-electron chi connectivity index (χ0n) is 8.60. The van der Waals surface area contributed by atoms with Gasteiger partial charge in [0.25, 0.3) is 0 Å². The van der Waals surface area contributed by atoms with E-state index in [1.54, 1.807) is 0 Å². The van der Waals surface area contributed by atoms with E-state index in [-0.39, 0.29) is 31.6 Å². The van der Waals surface area contributed by atoms with E-state index in [0.717, 1.165) is 0 Å². The molecular weight excluding hydrogens is 292 g/mol. The van der Waals surface area contributed by atoms with Crippen LogP contribution in [0.5, 0.6) is 0 Å². The monoisotopic (exact) mass is 301 g/mol. The zero-order valence-corrected chi connectivity index (χ0v) is 9.52. The first-order valence-electron chi connectivity index (χ1n) is 3.01. The molecule has 0 bridgehead atoms. The molecule has 0 heterocycles. The number of carbonyl (C=O) groups is 2. The summed E-state index contributed by atoms with van der Waals surface area (Å²) in [7, 11) is -5.17. The Kier molecular flexibility index (Phi) is 21.8. The predicted molar refractivity (Wildman–Crippen MR) is 39.7 cm³/mol. The minimum atomic E-state index is -5.17. The van der Waals surface area contributed by atoms with Gasteiger partial charge in [-0.05, 0) is 0 Å². The number of nitrogens with two attached hydrogens (primary N) is 2. The van der Waals surface area contributed by atoms with Crippen LogP contribution < -0.4 is 21.7 Å². The number of hydrogen-bond donors (Lipinski definition) is 2. The number of aliphatic carboxylic acids is 2. The van der Waals surface area contributed by atoms with Crippen molar-refractivity contribution >= 4 is 22.3 Å². The topological polar surface area (TPSA) is 213 Å². The van der Waals surface area contributed by atoms with Crippen LogP contribution in [-0.4, -0.2) is 42.6 Å². The van der Waals surface area contributed by atoms with Gasteiger partial charge in [-0.15, -0.1) is 0 Å². The second-order valence-corrected chi connectivity index (χ2v) is 2.38. The summed E-state index contributed by atoms with van der Waals surface area (Å²) in [6, 6.07) is 0. The predicted octanol–water partition coefficient (Wildman–Crippen LogP) is -5.84. The molecule has 10 nitrogen and oxygen atoms in total. The van der Waals surface area contributed by atoms with Crippen LogP contribution in [0, 0.1) is 0 Å². The summed E-state index contributed by atoms with van der Waals surface area (Å²) in [6.07, 6.45) is 0. The molecule has 4 N–H and O–H groups in total. The molecule has 16 heavy (non-hydrogen) atoms. The molecule has 0 saturated carbocycles. The van der Waals surface area contributed by atoms with Crippen LogP contribution in [-0.2, 0) is 37.1 Å². The summed E-state index contributed by atoms with van der Waals surface area (Å²) < 4.78 is 34.1. The van der Waals surface area contributed by atoms with Crippen LogP contribution in [0.25, 0.3) is 0 Å². The maximum Gasteiger partial charge on any atom is 2.00 e. The molecular formula is C4H9FeN2O8S-. The number of carbonyl (C=O) groups excluding carboxylic acids is 2. The number of rotatable bonds is 2. The Bertz CT molecular complexity index is 261. The minimum absolute atomic E-state index is 0. The fourth-order valence-corrected chi connectivity index (χ4v) is 0. The fourth-order valence-electron chi connectivity index (χ4n) is 0. The Labute approximate surface area is 103 Å². The van der Waals surface area contributed by atoms with E-state index < -0.39 is 22.3 Å². The number of carboxylic acids is 2. The van der Waals surface area contributed by atoms with Crippen molar-refractivity contribution in [2.24, 2.45) is 11.5 Å². The van der Waals surface area contributed by atoms with Gasteiger partial charge in [0.05, 0.1) is 11.9 Å². The van der Waals surface area contributed by atoms with Gasteiger partial charge < -0.3 is 40.4 Å².